The van der Waals surface area contributed by atoms with Crippen molar-refractivity contribution in [2.45, 2.75) is 38.7 Å². The van der Waals surface area contributed by atoms with Gasteiger partial charge in [0.15, 0.2) is 0 Å². The lowest BCUT2D eigenvalue weighted by atomic mass is 9.57. The van der Waals surface area contributed by atoms with Gasteiger partial charge in [0.25, 0.3) is 0 Å². The molecule has 1 saturated carbocycles. The summed E-state index contributed by atoms with van der Waals surface area (Å²) in [7, 11) is 0. The summed E-state index contributed by atoms with van der Waals surface area (Å²) in [5.74, 6) is 0.928. The molecule has 2 heterocycles. The Morgan fingerprint density at radius 2 is 1.78 bits per heavy atom. The minimum atomic E-state index is -0.176. The smallest absolute Gasteiger partial charge is 0.410 e. The van der Waals surface area contributed by atoms with Crippen LogP contribution in [0.25, 0.3) is 0 Å². The molecule has 5 nitrogen and oxygen atoms in total. The Balaban J connectivity index is 1.11. The quantitative estimate of drug-likeness (QED) is 0.864. The predicted octanol–water partition coefficient (Wildman–Crippen LogP) is 3.11. The van der Waals surface area contributed by atoms with Crippen molar-refractivity contribution in [3.05, 3.63) is 35.9 Å². The Bertz CT molecular complexity index is 599. The van der Waals surface area contributed by atoms with E-state index < -0.39 is 0 Å². The van der Waals surface area contributed by atoms with Crippen LogP contribution in [0, 0.1) is 11.3 Å². The topological polar surface area (TPSA) is 44.8 Å². The van der Waals surface area contributed by atoms with Crippen LogP contribution in [0.4, 0.5) is 4.79 Å². The van der Waals surface area contributed by atoms with Crippen LogP contribution in [0.3, 0.4) is 0 Å². The molecule has 1 aromatic carbocycles. The zero-order chi connectivity index (χ0) is 18.5. The average Bonchev–Trinajstić information content (AvgIpc) is 2.71. The molecular weight excluding hydrogens is 338 g/mol. The van der Waals surface area contributed by atoms with Crippen LogP contribution in [-0.2, 0) is 11.3 Å². The largest absolute Gasteiger partial charge is 0.445 e. The van der Waals surface area contributed by atoms with Gasteiger partial charge in [0.05, 0.1) is 0 Å². The summed E-state index contributed by atoms with van der Waals surface area (Å²) in [4.78, 5) is 16.6. The maximum Gasteiger partial charge on any atom is 0.410 e. The van der Waals surface area contributed by atoms with Gasteiger partial charge in [0, 0.05) is 26.2 Å². The van der Waals surface area contributed by atoms with Crippen LogP contribution >= 0.6 is 0 Å². The predicted molar refractivity (Wildman–Crippen MR) is 107 cm³/mol. The Morgan fingerprint density at radius 3 is 2.48 bits per heavy atom. The molecule has 3 aliphatic rings. The summed E-state index contributed by atoms with van der Waals surface area (Å²) in [6.45, 7) is 7.50. The molecular formula is C22H33N3O2. The molecule has 148 valence electrons. The number of nitrogens with one attached hydrogen (secondary N) is 1. The van der Waals surface area contributed by atoms with Crippen LogP contribution in [0.5, 0.6) is 0 Å². The van der Waals surface area contributed by atoms with E-state index in [2.05, 4.69) is 10.2 Å². The van der Waals surface area contributed by atoms with Gasteiger partial charge in [-0.3, -0.25) is 4.90 Å². The molecule has 5 heteroatoms. The number of nitrogens with zero attached hydrogens (tertiary/aromatic N) is 2. The fourth-order valence-corrected chi connectivity index (χ4v) is 5.06. The minimum Gasteiger partial charge on any atom is -0.445 e. The molecule has 1 amide bonds. The van der Waals surface area contributed by atoms with E-state index in [1.807, 2.05) is 35.2 Å². The van der Waals surface area contributed by atoms with Gasteiger partial charge in [-0.1, -0.05) is 30.3 Å². The summed E-state index contributed by atoms with van der Waals surface area (Å²) >= 11 is 0. The Morgan fingerprint density at radius 1 is 1.07 bits per heavy atom. The molecule has 3 fully saturated rings. The number of amides is 1. The molecule has 2 saturated heterocycles. The van der Waals surface area contributed by atoms with E-state index in [1.54, 1.807) is 0 Å². The lowest BCUT2D eigenvalue weighted by molar-refractivity contribution is 0.00919. The number of carbonyl (C=O) groups excluding carboxylic acids is 1. The van der Waals surface area contributed by atoms with Crippen LogP contribution in [-0.4, -0.2) is 61.7 Å². The normalized spacial score (nSPS) is 23.2. The van der Waals surface area contributed by atoms with Crippen LogP contribution < -0.4 is 5.32 Å². The molecule has 0 aromatic heterocycles. The molecule has 4 rings (SSSR count). The van der Waals surface area contributed by atoms with Crippen molar-refractivity contribution in [2.24, 2.45) is 11.3 Å². The summed E-state index contributed by atoms with van der Waals surface area (Å²) in [6, 6.07) is 9.88. The van der Waals surface area contributed by atoms with Gasteiger partial charge in [-0.2, -0.15) is 0 Å². The third kappa shape index (κ3) is 4.82. The van der Waals surface area contributed by atoms with Crippen molar-refractivity contribution in [3.8, 4) is 0 Å². The number of hydrogen-bond donors (Lipinski definition) is 1. The molecule has 0 radical (unpaired) electrons. The lowest BCUT2D eigenvalue weighted by Gasteiger charge is -2.51. The molecule has 0 atom stereocenters. The van der Waals surface area contributed by atoms with Crippen molar-refractivity contribution in [3.63, 3.8) is 0 Å². The van der Waals surface area contributed by atoms with Gasteiger partial charge >= 0.3 is 6.09 Å². The highest BCUT2D eigenvalue weighted by Gasteiger charge is 2.44. The lowest BCUT2D eigenvalue weighted by Crippen LogP contribution is -2.50. The summed E-state index contributed by atoms with van der Waals surface area (Å²) in [5.41, 5.74) is 1.73. The number of rotatable bonds is 5. The number of piperidine rings is 1. The monoisotopic (exact) mass is 371 g/mol. The second kappa shape index (κ2) is 8.61. The third-order valence-electron chi connectivity index (χ3n) is 6.80. The maximum atomic E-state index is 12.3. The fourth-order valence-electron chi connectivity index (χ4n) is 5.06. The first kappa shape index (κ1) is 18.8. The standard InChI is InChI=1S/C22H33N3O2/c26-21(27-18-19-4-2-1-3-5-19)25-14-12-24(13-15-25)11-6-20-16-22(17-20)7-9-23-10-8-22/h1-5,20,23H,6-18H2. The number of hydrogen-bond acceptors (Lipinski definition) is 4. The highest BCUT2D eigenvalue weighted by atomic mass is 16.6. The van der Waals surface area contributed by atoms with Crippen molar-refractivity contribution in [2.75, 3.05) is 45.8 Å². The van der Waals surface area contributed by atoms with Crippen LogP contribution in [0.2, 0.25) is 0 Å². The number of ether oxygens (including phenoxy) is 1. The van der Waals surface area contributed by atoms with Crippen molar-refractivity contribution < 1.29 is 9.53 Å². The highest BCUT2D eigenvalue weighted by molar-refractivity contribution is 5.67. The van der Waals surface area contributed by atoms with Crippen LogP contribution in [0.15, 0.2) is 30.3 Å². The van der Waals surface area contributed by atoms with Gasteiger partial charge in [0.2, 0.25) is 0 Å². The first-order chi connectivity index (χ1) is 13.2. The first-order valence-electron chi connectivity index (χ1n) is 10.6. The number of benzene rings is 1. The fraction of sp³-hybridized carbons (Fsp3) is 0.682. The zero-order valence-electron chi connectivity index (χ0n) is 16.4. The average molecular weight is 372 g/mol. The van der Waals surface area contributed by atoms with E-state index in [1.165, 1.54) is 51.7 Å². The third-order valence-corrected chi connectivity index (χ3v) is 6.80. The zero-order valence-corrected chi connectivity index (χ0v) is 16.4. The Kier molecular flexibility index (Phi) is 5.98. The first-order valence-corrected chi connectivity index (χ1v) is 10.6. The minimum absolute atomic E-state index is 0.176. The second-order valence-corrected chi connectivity index (χ2v) is 8.68. The van der Waals surface area contributed by atoms with E-state index in [0.717, 1.165) is 37.7 Å². The van der Waals surface area contributed by atoms with E-state index in [9.17, 15) is 4.79 Å². The van der Waals surface area contributed by atoms with Gasteiger partial charge in [-0.05, 0) is 68.6 Å². The Hall–Kier alpha value is -1.59. The van der Waals surface area contributed by atoms with Crippen molar-refractivity contribution in [1.29, 1.82) is 0 Å². The SMILES string of the molecule is O=C(OCc1ccccc1)N1CCN(CCC2CC3(CCNCC3)C2)CC1. The second-order valence-electron chi connectivity index (χ2n) is 8.68. The molecule has 1 spiro atoms. The molecule has 1 N–H and O–H groups in total. The number of carbonyl (C=O) groups is 1. The van der Waals surface area contributed by atoms with E-state index in [0.29, 0.717) is 12.0 Å². The number of piperazine rings is 1. The molecule has 2 aliphatic heterocycles. The molecule has 1 aromatic rings. The molecule has 0 bridgehead atoms. The van der Waals surface area contributed by atoms with E-state index in [4.69, 9.17) is 4.74 Å². The molecule has 27 heavy (non-hydrogen) atoms. The maximum absolute atomic E-state index is 12.3. The highest BCUT2D eigenvalue weighted by Crippen LogP contribution is 2.52. The van der Waals surface area contributed by atoms with E-state index in [-0.39, 0.29) is 6.09 Å². The summed E-state index contributed by atoms with van der Waals surface area (Å²) in [5, 5.41) is 3.49. The van der Waals surface area contributed by atoms with Crippen molar-refractivity contribution >= 4 is 6.09 Å². The summed E-state index contributed by atoms with van der Waals surface area (Å²) in [6.07, 6.45) is 6.81. The van der Waals surface area contributed by atoms with Gasteiger partial charge in [0.1, 0.15) is 6.61 Å². The van der Waals surface area contributed by atoms with Gasteiger partial charge in [-0.15, -0.1) is 0 Å². The molecule has 1 aliphatic carbocycles. The van der Waals surface area contributed by atoms with Gasteiger partial charge < -0.3 is 15.0 Å². The van der Waals surface area contributed by atoms with Crippen molar-refractivity contribution in [1.82, 2.24) is 15.1 Å². The Labute approximate surface area is 163 Å². The van der Waals surface area contributed by atoms with Crippen LogP contribution in [0.1, 0.15) is 37.7 Å². The summed E-state index contributed by atoms with van der Waals surface area (Å²) < 4.78 is 5.45. The van der Waals surface area contributed by atoms with Gasteiger partial charge in [-0.25, -0.2) is 4.79 Å². The molecule has 0 unspecified atom stereocenters. The van der Waals surface area contributed by atoms with E-state index >= 15 is 0 Å².